The second-order valence-corrected chi connectivity index (χ2v) is 17.9. The van der Waals surface area contributed by atoms with Crippen LogP contribution in [0.3, 0.4) is 0 Å². The van der Waals surface area contributed by atoms with E-state index in [9.17, 15) is 0 Å². The van der Waals surface area contributed by atoms with Crippen LogP contribution in [0.5, 0.6) is 0 Å². The molecule has 0 aromatic heterocycles. The third kappa shape index (κ3) is 2.39. The summed E-state index contributed by atoms with van der Waals surface area (Å²) in [6.45, 7) is 9.98. The molecule has 14 heavy (non-hydrogen) atoms. The number of allylic oxidation sites excluding steroid dienone is 1. The Balaban J connectivity index is 2.81. The summed E-state index contributed by atoms with van der Waals surface area (Å²) in [5.41, 5.74) is 0.276. The van der Waals surface area contributed by atoms with Crippen molar-refractivity contribution in [2.75, 3.05) is 0 Å². The van der Waals surface area contributed by atoms with Crippen molar-refractivity contribution in [2.24, 2.45) is 0 Å². The van der Waals surface area contributed by atoms with Gasteiger partial charge in [0, 0.05) is 0 Å². The van der Waals surface area contributed by atoms with E-state index in [4.69, 9.17) is 0 Å². The first-order valence-corrected chi connectivity index (χ1v) is 13.1. The van der Waals surface area contributed by atoms with E-state index in [1.165, 1.54) is 0 Å². The Bertz CT molecular complexity index is 213. The number of rotatable bonds is 1. The summed E-state index contributed by atoms with van der Waals surface area (Å²) in [6.07, 6.45) is 4.78. The van der Waals surface area contributed by atoms with Gasteiger partial charge in [-0.2, -0.15) is 0 Å². The first kappa shape index (κ1) is 12.2. The van der Waals surface area contributed by atoms with Gasteiger partial charge < -0.3 is 0 Å². The van der Waals surface area contributed by atoms with Gasteiger partial charge >= 0.3 is 92.3 Å². The zero-order valence-corrected chi connectivity index (χ0v) is 12.9. The Morgan fingerprint density at radius 3 is 1.93 bits per heavy atom. The molecule has 0 saturated heterocycles. The van der Waals surface area contributed by atoms with Gasteiger partial charge in [-0.25, -0.2) is 0 Å². The van der Waals surface area contributed by atoms with Crippen LogP contribution in [0.1, 0.15) is 20.8 Å². The molecule has 0 amide bonds. The van der Waals surface area contributed by atoms with Crippen LogP contribution in [0.4, 0.5) is 0 Å². The van der Waals surface area contributed by atoms with Crippen molar-refractivity contribution in [2.45, 2.75) is 55.1 Å². The Labute approximate surface area is 92.4 Å². The number of hydrogen-bond acceptors (Lipinski definition) is 1. The minimum absolute atomic E-state index is 0.276. The van der Waals surface area contributed by atoms with Crippen LogP contribution in [0, 0.1) is 0 Å². The van der Waals surface area contributed by atoms with Crippen molar-refractivity contribution in [3.63, 3.8) is 0 Å². The number of nitrogens with zero attached hydrogens (tertiary/aromatic N) is 1. The molecule has 0 saturated carbocycles. The SMILES string of the molecule is CB1[CH]([Ge]([CH3])([CH3])[CH3])C=CN1C(C)(C)C. The van der Waals surface area contributed by atoms with Crippen molar-refractivity contribution >= 4 is 20.1 Å². The molecular weight excluding hydrogens is 230 g/mol. The third-order valence-electron chi connectivity index (χ3n) is 3.19. The summed E-state index contributed by atoms with van der Waals surface area (Å²) in [5.74, 6) is 7.53. The quantitative estimate of drug-likeness (QED) is 0.647. The standard InChI is InChI=1S/C11H24BGeN/c1-11(2,3)14-9-8-10(12(14)4)13(5,6)7/h8-10H,1-7H3. The molecule has 0 radical (unpaired) electrons. The van der Waals surface area contributed by atoms with Crippen LogP contribution < -0.4 is 0 Å². The Morgan fingerprint density at radius 2 is 1.71 bits per heavy atom. The van der Waals surface area contributed by atoms with Crippen LogP contribution in [0.15, 0.2) is 12.3 Å². The predicted molar refractivity (Wildman–Crippen MR) is 69.4 cm³/mol. The van der Waals surface area contributed by atoms with Crippen LogP contribution in [-0.4, -0.2) is 30.5 Å². The summed E-state index contributed by atoms with van der Waals surface area (Å²) >= 11 is -1.53. The van der Waals surface area contributed by atoms with E-state index in [0.717, 1.165) is 4.65 Å². The van der Waals surface area contributed by atoms with Gasteiger partial charge in [-0.15, -0.1) is 0 Å². The molecule has 1 rings (SSSR count). The van der Waals surface area contributed by atoms with Gasteiger partial charge in [0.05, 0.1) is 0 Å². The van der Waals surface area contributed by atoms with E-state index >= 15 is 0 Å². The van der Waals surface area contributed by atoms with E-state index in [1.54, 1.807) is 0 Å². The minimum atomic E-state index is -1.53. The molecule has 0 spiro atoms. The van der Waals surface area contributed by atoms with E-state index in [2.05, 4.69) is 61.9 Å². The van der Waals surface area contributed by atoms with E-state index in [-0.39, 0.29) is 5.54 Å². The fraction of sp³-hybridized carbons (Fsp3) is 0.818. The van der Waals surface area contributed by atoms with Gasteiger partial charge in [0.2, 0.25) is 0 Å². The van der Waals surface area contributed by atoms with Crippen molar-refractivity contribution < 1.29 is 0 Å². The molecule has 1 nitrogen and oxygen atoms in total. The van der Waals surface area contributed by atoms with Crippen molar-refractivity contribution in [1.29, 1.82) is 0 Å². The molecule has 0 aromatic carbocycles. The molecule has 1 aliphatic heterocycles. The van der Waals surface area contributed by atoms with Gasteiger partial charge in [-0.05, 0) is 0 Å². The van der Waals surface area contributed by atoms with Crippen LogP contribution >= 0.6 is 0 Å². The third-order valence-corrected chi connectivity index (χ3v) is 8.80. The molecule has 1 heterocycles. The van der Waals surface area contributed by atoms with Gasteiger partial charge in [0.25, 0.3) is 0 Å². The summed E-state index contributed by atoms with van der Waals surface area (Å²) in [4.78, 5) is 2.52. The summed E-state index contributed by atoms with van der Waals surface area (Å²) in [5, 5.41) is 0. The Kier molecular flexibility index (Phi) is 3.16. The molecule has 0 aromatic rings. The molecule has 0 N–H and O–H groups in total. The fourth-order valence-electron chi connectivity index (χ4n) is 2.50. The number of hydrogen-bond donors (Lipinski definition) is 0. The second kappa shape index (κ2) is 3.62. The molecular formula is C11H24BGeN. The fourth-order valence-corrected chi connectivity index (χ4v) is 7.27. The zero-order valence-electron chi connectivity index (χ0n) is 10.8. The predicted octanol–water partition coefficient (Wildman–Crippen LogP) is 3.48. The maximum absolute atomic E-state index is 2.52. The van der Waals surface area contributed by atoms with Gasteiger partial charge in [0.1, 0.15) is 0 Å². The first-order valence-electron chi connectivity index (χ1n) is 5.61. The molecule has 1 atom stereocenters. The molecule has 0 aliphatic carbocycles. The first-order chi connectivity index (χ1) is 6.14. The topological polar surface area (TPSA) is 3.24 Å². The van der Waals surface area contributed by atoms with Gasteiger partial charge in [-0.1, -0.05) is 0 Å². The maximum atomic E-state index is 2.52. The molecule has 0 fully saturated rings. The second-order valence-electron chi connectivity index (χ2n) is 6.55. The van der Waals surface area contributed by atoms with Gasteiger partial charge in [-0.3, -0.25) is 0 Å². The van der Waals surface area contributed by atoms with E-state index < -0.39 is 13.3 Å². The molecule has 1 unspecified atom stereocenters. The molecule has 80 valence electrons. The average molecular weight is 254 g/mol. The molecule has 1 aliphatic rings. The molecule has 0 bridgehead atoms. The Hall–Kier alpha value is 0.148. The molecule has 3 heteroatoms. The van der Waals surface area contributed by atoms with Crippen molar-refractivity contribution in [1.82, 2.24) is 4.81 Å². The van der Waals surface area contributed by atoms with E-state index in [1.807, 2.05) is 0 Å². The summed E-state index contributed by atoms with van der Waals surface area (Å²) in [6, 6.07) is 0. The van der Waals surface area contributed by atoms with Crippen LogP contribution in [0.25, 0.3) is 0 Å². The van der Waals surface area contributed by atoms with Crippen molar-refractivity contribution in [3.05, 3.63) is 12.3 Å². The Morgan fingerprint density at radius 1 is 1.21 bits per heavy atom. The van der Waals surface area contributed by atoms with E-state index in [0.29, 0.717) is 6.85 Å². The normalized spacial score (nSPS) is 23.5. The summed E-state index contributed by atoms with van der Waals surface area (Å²) < 4.78 is 0.856. The zero-order chi connectivity index (χ0) is 11.1. The van der Waals surface area contributed by atoms with Crippen molar-refractivity contribution in [3.8, 4) is 0 Å². The van der Waals surface area contributed by atoms with Crippen LogP contribution in [0.2, 0.25) is 28.7 Å². The van der Waals surface area contributed by atoms with Gasteiger partial charge in [0.15, 0.2) is 0 Å². The summed E-state index contributed by atoms with van der Waals surface area (Å²) in [7, 11) is 0. The average Bonchev–Trinajstić information content (AvgIpc) is 2.26. The van der Waals surface area contributed by atoms with Crippen LogP contribution in [-0.2, 0) is 0 Å². The monoisotopic (exact) mass is 255 g/mol.